The Hall–Kier alpha value is -0.900. The number of hydrogen-bond donors (Lipinski definition) is 1. The molecular weight excluding hydrogens is 248 g/mol. The summed E-state index contributed by atoms with van der Waals surface area (Å²) in [5, 5.41) is 7.94. The van der Waals surface area contributed by atoms with Crippen molar-refractivity contribution in [1.29, 1.82) is 0 Å². The van der Waals surface area contributed by atoms with Crippen molar-refractivity contribution in [3.63, 3.8) is 0 Å². The molecule has 0 aliphatic rings. The molecule has 1 heterocycles. The molecule has 4 nitrogen and oxygen atoms in total. The minimum Gasteiger partial charge on any atom is -0.316 e. The Balaban J connectivity index is 2.61. The lowest BCUT2D eigenvalue weighted by molar-refractivity contribution is 0.360. The molecule has 0 amide bonds. The maximum Gasteiger partial charge on any atom is 0.138 e. The van der Waals surface area contributed by atoms with Gasteiger partial charge in [-0.25, -0.2) is 9.67 Å². The van der Waals surface area contributed by atoms with Gasteiger partial charge in [-0.1, -0.05) is 27.7 Å². The number of hydrogen-bond acceptors (Lipinski definition) is 3. The quantitative estimate of drug-likeness (QED) is 0.754. The summed E-state index contributed by atoms with van der Waals surface area (Å²) in [6, 6.07) is 0.385. The number of aromatic nitrogens is 3. The second kappa shape index (κ2) is 8.40. The third-order valence-corrected chi connectivity index (χ3v) is 3.40. The summed E-state index contributed by atoms with van der Waals surface area (Å²) < 4.78 is 2.05. The van der Waals surface area contributed by atoms with Crippen LogP contribution in [0.3, 0.4) is 0 Å². The smallest absolute Gasteiger partial charge is 0.138 e. The van der Waals surface area contributed by atoms with Crippen molar-refractivity contribution in [2.24, 2.45) is 17.8 Å². The van der Waals surface area contributed by atoms with Crippen molar-refractivity contribution < 1.29 is 0 Å². The second-order valence-electron chi connectivity index (χ2n) is 6.97. The first-order valence-corrected chi connectivity index (χ1v) is 7.99. The van der Waals surface area contributed by atoms with Crippen LogP contribution in [-0.4, -0.2) is 27.9 Å². The Morgan fingerprint density at radius 3 is 2.30 bits per heavy atom. The molecule has 116 valence electrons. The van der Waals surface area contributed by atoms with Crippen LogP contribution >= 0.6 is 0 Å². The van der Waals surface area contributed by atoms with Gasteiger partial charge in [-0.15, -0.1) is 0 Å². The van der Waals surface area contributed by atoms with Crippen molar-refractivity contribution in [3.05, 3.63) is 12.2 Å². The lowest BCUT2D eigenvalue weighted by atomic mass is 9.93. The molecule has 0 fully saturated rings. The minimum absolute atomic E-state index is 0.385. The van der Waals surface area contributed by atoms with Crippen molar-refractivity contribution in [3.8, 4) is 0 Å². The minimum atomic E-state index is 0.385. The zero-order chi connectivity index (χ0) is 15.1. The summed E-state index contributed by atoms with van der Waals surface area (Å²) in [6.45, 7) is 15.6. The Morgan fingerprint density at radius 2 is 1.75 bits per heavy atom. The van der Waals surface area contributed by atoms with Crippen molar-refractivity contribution >= 4 is 0 Å². The molecule has 4 heteroatoms. The van der Waals surface area contributed by atoms with Gasteiger partial charge >= 0.3 is 0 Å². The van der Waals surface area contributed by atoms with Crippen LogP contribution in [0.4, 0.5) is 0 Å². The van der Waals surface area contributed by atoms with Gasteiger partial charge in [0.25, 0.3) is 0 Å². The van der Waals surface area contributed by atoms with Crippen LogP contribution in [0.1, 0.15) is 59.8 Å². The molecule has 1 rings (SSSR count). The van der Waals surface area contributed by atoms with E-state index in [0.717, 1.165) is 31.3 Å². The topological polar surface area (TPSA) is 42.7 Å². The fourth-order valence-electron chi connectivity index (χ4n) is 2.59. The van der Waals surface area contributed by atoms with Crippen LogP contribution in [0.2, 0.25) is 0 Å². The predicted octanol–water partition coefficient (Wildman–Crippen LogP) is 3.31. The highest BCUT2D eigenvalue weighted by Crippen LogP contribution is 2.17. The van der Waals surface area contributed by atoms with Crippen LogP contribution in [0.15, 0.2) is 6.33 Å². The van der Waals surface area contributed by atoms with Gasteiger partial charge in [-0.3, -0.25) is 0 Å². The van der Waals surface area contributed by atoms with Crippen LogP contribution in [0, 0.1) is 17.8 Å². The van der Waals surface area contributed by atoms with Crippen LogP contribution < -0.4 is 5.32 Å². The van der Waals surface area contributed by atoms with Gasteiger partial charge < -0.3 is 5.32 Å². The molecule has 0 bridgehead atoms. The molecular formula is C16H32N4. The third kappa shape index (κ3) is 6.04. The zero-order valence-electron chi connectivity index (χ0n) is 14.1. The molecule has 1 N–H and O–H groups in total. The summed E-state index contributed by atoms with van der Waals surface area (Å²) in [7, 11) is 0. The first-order valence-electron chi connectivity index (χ1n) is 7.99. The lowest BCUT2D eigenvalue weighted by Crippen LogP contribution is -2.29. The van der Waals surface area contributed by atoms with E-state index in [0.29, 0.717) is 17.9 Å². The average molecular weight is 280 g/mol. The maximum absolute atomic E-state index is 4.45. The maximum atomic E-state index is 4.45. The summed E-state index contributed by atoms with van der Waals surface area (Å²) in [5.74, 6) is 3.18. The average Bonchev–Trinajstić information content (AvgIpc) is 2.75. The van der Waals surface area contributed by atoms with Gasteiger partial charge in [-0.2, -0.15) is 5.10 Å². The highest BCUT2D eigenvalue weighted by molar-refractivity contribution is 4.90. The molecule has 0 saturated heterocycles. The highest BCUT2D eigenvalue weighted by Gasteiger charge is 2.16. The van der Waals surface area contributed by atoms with E-state index >= 15 is 0 Å². The molecule has 1 aromatic heterocycles. The van der Waals surface area contributed by atoms with Crippen LogP contribution in [-0.2, 0) is 6.42 Å². The fourth-order valence-corrected chi connectivity index (χ4v) is 2.59. The van der Waals surface area contributed by atoms with Crippen molar-refractivity contribution in [2.75, 3.05) is 13.1 Å². The van der Waals surface area contributed by atoms with Gasteiger partial charge in [0.1, 0.15) is 12.2 Å². The summed E-state index contributed by atoms with van der Waals surface area (Å²) in [4.78, 5) is 4.45. The Kier molecular flexibility index (Phi) is 7.20. The SMILES string of the molecule is CC(C)CNCC(Cc1ncnn1C(C)C)CC(C)C. The molecule has 20 heavy (non-hydrogen) atoms. The zero-order valence-corrected chi connectivity index (χ0v) is 14.1. The molecule has 0 aliphatic carbocycles. The van der Waals surface area contributed by atoms with E-state index in [2.05, 4.69) is 61.6 Å². The molecule has 1 unspecified atom stereocenters. The molecule has 0 radical (unpaired) electrons. The van der Waals surface area contributed by atoms with E-state index in [1.165, 1.54) is 6.42 Å². The Labute approximate surface area is 124 Å². The Morgan fingerprint density at radius 1 is 1.05 bits per heavy atom. The summed E-state index contributed by atoms with van der Waals surface area (Å²) in [6.07, 6.45) is 3.93. The van der Waals surface area contributed by atoms with Gasteiger partial charge in [0.15, 0.2) is 0 Å². The molecule has 0 aromatic carbocycles. The van der Waals surface area contributed by atoms with Gasteiger partial charge in [0, 0.05) is 12.5 Å². The molecule has 0 aliphatic heterocycles. The molecule has 1 atom stereocenters. The predicted molar refractivity (Wildman–Crippen MR) is 84.8 cm³/mol. The van der Waals surface area contributed by atoms with Gasteiger partial charge in [-0.05, 0) is 51.1 Å². The normalized spacial score (nSPS) is 13.7. The van der Waals surface area contributed by atoms with Crippen molar-refractivity contribution in [1.82, 2.24) is 20.1 Å². The Bertz CT molecular complexity index is 368. The lowest BCUT2D eigenvalue weighted by Gasteiger charge is -2.21. The van der Waals surface area contributed by atoms with E-state index < -0.39 is 0 Å². The number of rotatable bonds is 9. The third-order valence-electron chi connectivity index (χ3n) is 3.40. The number of nitrogens with zero attached hydrogens (tertiary/aromatic N) is 3. The van der Waals surface area contributed by atoms with E-state index in [4.69, 9.17) is 0 Å². The van der Waals surface area contributed by atoms with Crippen LogP contribution in [0.5, 0.6) is 0 Å². The van der Waals surface area contributed by atoms with E-state index in [1.54, 1.807) is 6.33 Å². The second-order valence-corrected chi connectivity index (χ2v) is 6.97. The van der Waals surface area contributed by atoms with E-state index in [1.807, 2.05) is 0 Å². The molecule has 1 aromatic rings. The van der Waals surface area contributed by atoms with E-state index in [9.17, 15) is 0 Å². The monoisotopic (exact) mass is 280 g/mol. The number of nitrogens with one attached hydrogen (secondary N) is 1. The standard InChI is InChI=1S/C16H32N4/c1-12(2)7-15(10-17-9-13(3)4)8-16-18-11-19-20(16)14(5)6/h11-15,17H,7-10H2,1-6H3. The largest absolute Gasteiger partial charge is 0.316 e. The van der Waals surface area contributed by atoms with E-state index in [-0.39, 0.29) is 0 Å². The van der Waals surface area contributed by atoms with Crippen LogP contribution in [0.25, 0.3) is 0 Å². The fraction of sp³-hybridized carbons (Fsp3) is 0.875. The van der Waals surface area contributed by atoms with Gasteiger partial charge in [0.2, 0.25) is 0 Å². The highest BCUT2D eigenvalue weighted by atomic mass is 15.3. The van der Waals surface area contributed by atoms with Crippen molar-refractivity contribution in [2.45, 2.75) is 60.4 Å². The first-order chi connectivity index (χ1) is 9.40. The summed E-state index contributed by atoms with van der Waals surface area (Å²) >= 11 is 0. The van der Waals surface area contributed by atoms with Gasteiger partial charge in [0.05, 0.1) is 0 Å². The summed E-state index contributed by atoms with van der Waals surface area (Å²) in [5.41, 5.74) is 0. The molecule has 0 spiro atoms. The first kappa shape index (κ1) is 17.2. The molecule has 0 saturated carbocycles.